The van der Waals surface area contributed by atoms with Gasteiger partial charge in [-0.15, -0.1) is 0 Å². The number of piperazine rings is 1. The number of aromatic nitrogens is 2. The minimum Gasteiger partial charge on any atom is -0.489 e. The number of fused-ring (bicyclic) bond motifs is 2. The first-order valence-electron chi connectivity index (χ1n) is 21.2. The summed E-state index contributed by atoms with van der Waals surface area (Å²) in [6.07, 6.45) is 6.41. The maximum atomic E-state index is 14.1. The van der Waals surface area contributed by atoms with Crippen LogP contribution >= 0.6 is 11.6 Å². The van der Waals surface area contributed by atoms with Crippen molar-refractivity contribution in [3.05, 3.63) is 146 Å². The van der Waals surface area contributed by atoms with E-state index in [2.05, 4.69) is 55.8 Å². The van der Waals surface area contributed by atoms with E-state index in [1.807, 2.05) is 24.3 Å². The van der Waals surface area contributed by atoms with Gasteiger partial charge in [-0.05, 0) is 89.9 Å². The number of allylic oxidation sites excluding steroid dienone is 1. The van der Waals surface area contributed by atoms with Crippen LogP contribution in [0, 0.1) is 26.9 Å². The molecule has 0 saturated carbocycles. The van der Waals surface area contributed by atoms with Crippen molar-refractivity contribution in [2.24, 2.45) is 5.41 Å². The topological polar surface area (TPSA) is 196 Å². The molecule has 3 N–H and O–H groups in total. The van der Waals surface area contributed by atoms with Crippen LogP contribution in [0.1, 0.15) is 66.2 Å². The van der Waals surface area contributed by atoms with Gasteiger partial charge in [-0.3, -0.25) is 19.8 Å². The van der Waals surface area contributed by atoms with Crippen LogP contribution in [0.2, 0.25) is 5.02 Å². The van der Waals surface area contributed by atoms with Gasteiger partial charge < -0.3 is 24.7 Å². The molecule has 1 atom stereocenters. The number of rotatable bonds is 11. The van der Waals surface area contributed by atoms with Crippen molar-refractivity contribution in [1.82, 2.24) is 19.6 Å². The number of nitrogens with one attached hydrogen (secondary N) is 3. The largest absolute Gasteiger partial charge is 0.489 e. The number of carbonyl (C=O) groups is 1. The molecule has 1 aliphatic carbocycles. The molecule has 6 aromatic rings. The Kier molecular flexibility index (Phi) is 11.7. The highest BCUT2D eigenvalue weighted by atomic mass is 35.5. The number of H-pyrrole nitrogens is 1. The van der Waals surface area contributed by atoms with E-state index < -0.39 is 37.5 Å². The number of carbonyl (C=O) groups excluding carboxylic acids is 1. The van der Waals surface area contributed by atoms with Gasteiger partial charge in [0.15, 0.2) is 11.4 Å². The third-order valence-corrected chi connectivity index (χ3v) is 13.9. The average molecular weight is 913 g/mol. The lowest BCUT2D eigenvalue weighted by Gasteiger charge is -2.39. The van der Waals surface area contributed by atoms with Crippen molar-refractivity contribution in [3.63, 3.8) is 0 Å². The van der Waals surface area contributed by atoms with Crippen LogP contribution in [-0.4, -0.2) is 73.4 Å². The van der Waals surface area contributed by atoms with Gasteiger partial charge in [-0.2, -0.15) is 5.26 Å². The fraction of sp³-hybridized carbons (Fsp3) is 0.271. The van der Waals surface area contributed by atoms with Gasteiger partial charge in [0.1, 0.15) is 23.8 Å². The van der Waals surface area contributed by atoms with Crippen LogP contribution in [0.25, 0.3) is 16.6 Å². The minimum atomic E-state index is -4.70. The first-order chi connectivity index (χ1) is 31.2. The Balaban J connectivity index is 0.951. The number of anilines is 2. The summed E-state index contributed by atoms with van der Waals surface area (Å²) >= 11 is 6.24. The number of aromatic amines is 1. The average Bonchev–Trinajstić information content (AvgIpc) is 3.77. The summed E-state index contributed by atoms with van der Waals surface area (Å²) in [5, 5.41) is 26.1. The van der Waals surface area contributed by atoms with Crippen molar-refractivity contribution < 1.29 is 27.6 Å². The normalized spacial score (nSPS) is 17.4. The Labute approximate surface area is 380 Å². The van der Waals surface area contributed by atoms with Crippen LogP contribution in [-0.2, 0) is 10.0 Å². The molecular weight excluding hydrogens is 868 g/mol. The van der Waals surface area contributed by atoms with Crippen molar-refractivity contribution in [3.8, 4) is 23.3 Å². The van der Waals surface area contributed by atoms with Gasteiger partial charge in [0.25, 0.3) is 21.6 Å². The number of ether oxygens (including phenoxy) is 2. The predicted octanol–water partition coefficient (Wildman–Crippen LogP) is 9.24. The zero-order valence-corrected chi connectivity index (χ0v) is 37.2. The van der Waals surface area contributed by atoms with Crippen molar-refractivity contribution in [2.45, 2.75) is 44.0 Å². The Hall–Kier alpha value is -6.93. The molecule has 4 heterocycles. The molecule has 0 radical (unpaired) electrons. The SMILES string of the molecule is CC1(C)CCC(CN2CCN(c3ccc(C(=O)NS(=O)(=O)c4cc5c(c([N+](=O)[O-])c4)N[C@@H](c4ccc(C#N)cc4)CO5)c(Oc4cnc5[nH]ccc5c4)c3)CC2)=C(c2ccc(Cl)cc2)C1. The number of nitrogens with zero attached hydrogens (tertiary/aromatic N) is 5. The second kappa shape index (κ2) is 17.6. The number of benzene rings is 4. The van der Waals surface area contributed by atoms with Crippen molar-refractivity contribution in [2.75, 3.05) is 49.5 Å². The van der Waals surface area contributed by atoms with E-state index in [4.69, 9.17) is 21.1 Å². The number of nitriles is 1. The van der Waals surface area contributed by atoms with E-state index in [-0.39, 0.29) is 34.8 Å². The fourth-order valence-electron chi connectivity index (χ4n) is 8.71. The Morgan fingerprint density at radius 3 is 2.55 bits per heavy atom. The molecule has 0 unspecified atom stereocenters. The highest BCUT2D eigenvalue weighted by molar-refractivity contribution is 7.90. The van der Waals surface area contributed by atoms with E-state index in [9.17, 15) is 28.6 Å². The van der Waals surface area contributed by atoms with E-state index in [0.717, 1.165) is 67.1 Å². The van der Waals surface area contributed by atoms with Crippen LogP contribution in [0.3, 0.4) is 0 Å². The second-order valence-corrected chi connectivity index (χ2v) is 19.4. The molecule has 2 aromatic heterocycles. The number of hydrogen-bond acceptors (Lipinski definition) is 12. The van der Waals surface area contributed by atoms with Gasteiger partial charge in [0.2, 0.25) is 0 Å². The molecule has 1 amide bonds. The van der Waals surface area contributed by atoms with Crippen LogP contribution in [0.15, 0.2) is 114 Å². The maximum absolute atomic E-state index is 14.1. The lowest BCUT2D eigenvalue weighted by molar-refractivity contribution is -0.384. The molecule has 4 aromatic carbocycles. The number of nitro groups is 1. The Morgan fingerprint density at radius 1 is 1.05 bits per heavy atom. The Bertz CT molecular complexity index is 3010. The number of halogens is 1. The van der Waals surface area contributed by atoms with Crippen LogP contribution in [0.5, 0.6) is 17.2 Å². The van der Waals surface area contributed by atoms with Crippen molar-refractivity contribution in [1.29, 1.82) is 5.26 Å². The summed E-state index contributed by atoms with van der Waals surface area (Å²) in [5.74, 6) is -0.660. The number of hydrogen-bond donors (Lipinski definition) is 3. The predicted molar refractivity (Wildman–Crippen MR) is 248 cm³/mol. The molecular formula is C48H45ClN8O7S. The van der Waals surface area contributed by atoms with Gasteiger partial charge in [0, 0.05) is 73.2 Å². The van der Waals surface area contributed by atoms with Gasteiger partial charge >= 0.3 is 0 Å². The molecule has 65 heavy (non-hydrogen) atoms. The Morgan fingerprint density at radius 2 is 1.82 bits per heavy atom. The molecule has 9 rings (SSSR count). The third kappa shape index (κ3) is 9.35. The van der Waals surface area contributed by atoms with Crippen LogP contribution < -0.4 is 24.4 Å². The quantitative estimate of drug-likeness (QED) is 0.0825. The number of pyridine rings is 1. The van der Waals surface area contributed by atoms with Gasteiger partial charge in [0.05, 0.1) is 39.3 Å². The van der Waals surface area contributed by atoms with Gasteiger partial charge in [-0.25, -0.2) is 18.1 Å². The molecule has 17 heteroatoms. The summed E-state index contributed by atoms with van der Waals surface area (Å²) in [6.45, 7) is 8.53. The molecule has 0 spiro atoms. The van der Waals surface area contributed by atoms with E-state index >= 15 is 0 Å². The summed E-state index contributed by atoms with van der Waals surface area (Å²) in [7, 11) is -4.70. The summed E-state index contributed by atoms with van der Waals surface area (Å²) in [6, 6.07) is 26.9. The highest BCUT2D eigenvalue weighted by Gasteiger charge is 2.33. The lowest BCUT2D eigenvalue weighted by atomic mass is 9.72. The molecule has 332 valence electrons. The molecule has 2 aliphatic heterocycles. The number of amides is 1. The maximum Gasteiger partial charge on any atom is 0.297 e. The molecule has 0 bridgehead atoms. The molecule has 3 aliphatic rings. The summed E-state index contributed by atoms with van der Waals surface area (Å²) in [5.41, 5.74) is 6.21. The number of nitro benzene ring substituents is 1. The third-order valence-electron chi connectivity index (χ3n) is 12.3. The summed E-state index contributed by atoms with van der Waals surface area (Å²) in [4.78, 5) is 37.3. The first-order valence-corrected chi connectivity index (χ1v) is 23.1. The minimum absolute atomic E-state index is 0.0131. The molecule has 15 nitrogen and oxygen atoms in total. The van der Waals surface area contributed by atoms with E-state index in [0.29, 0.717) is 35.6 Å². The lowest BCUT2D eigenvalue weighted by Crippen LogP contribution is -2.47. The summed E-state index contributed by atoms with van der Waals surface area (Å²) < 4.78 is 42.1. The van der Waals surface area contributed by atoms with E-state index in [1.165, 1.54) is 29.0 Å². The number of sulfonamides is 1. The standard InChI is InChI=1S/C48H45ClN8O7S/c1-48(2)15-13-34(40(25-48)31-7-9-35(49)10-8-31)28-55-17-19-56(20-18-55)36-11-12-39(43(22-36)64-37-21-33-14-16-51-46(33)52-27-37)47(58)54-65(61,62)38-23-42(57(59)60)45-44(24-38)63-29-41(53-45)32-5-3-30(26-50)4-6-32/h3-12,14,16,21-24,27,41,53H,13,15,17-20,25,28-29H2,1-2H3,(H,51,52)(H,54,58)/t41-/m1/s1. The van der Waals surface area contributed by atoms with E-state index in [1.54, 1.807) is 48.7 Å². The highest BCUT2D eigenvalue weighted by Crippen LogP contribution is 2.45. The first kappa shape index (κ1) is 43.3. The van der Waals surface area contributed by atoms with Crippen LogP contribution in [0.4, 0.5) is 17.1 Å². The molecule has 1 fully saturated rings. The molecule has 1 saturated heterocycles. The second-order valence-electron chi connectivity index (χ2n) is 17.3. The fourth-order valence-corrected chi connectivity index (χ4v) is 9.84. The smallest absolute Gasteiger partial charge is 0.297 e. The monoisotopic (exact) mass is 912 g/mol. The zero-order chi connectivity index (χ0) is 45.5. The van der Waals surface area contributed by atoms with Gasteiger partial charge in [-0.1, -0.05) is 55.3 Å². The zero-order valence-electron chi connectivity index (χ0n) is 35.6. The van der Waals surface area contributed by atoms with Crippen molar-refractivity contribution >= 4 is 61.2 Å².